The number of morpholine rings is 1. The molecule has 12 heavy (non-hydrogen) atoms. The van der Waals surface area contributed by atoms with Gasteiger partial charge >= 0.3 is 0 Å². The fourth-order valence-electron chi connectivity index (χ4n) is 1.53. The lowest BCUT2D eigenvalue weighted by Crippen LogP contribution is -2.41. The monoisotopic (exact) mass is 173 g/mol. The summed E-state index contributed by atoms with van der Waals surface area (Å²) in [6, 6.07) is 0. The van der Waals surface area contributed by atoms with Crippen LogP contribution in [0.15, 0.2) is 0 Å². The molecule has 0 aromatic rings. The fraction of sp³-hybridized carbons (Fsp3) is 1.00. The summed E-state index contributed by atoms with van der Waals surface area (Å²) in [6.07, 6.45) is 1.53. The van der Waals surface area contributed by atoms with E-state index in [9.17, 15) is 0 Å². The van der Waals surface area contributed by atoms with E-state index in [1.54, 1.807) is 7.11 Å². The molecule has 0 unspecified atom stereocenters. The molecule has 72 valence electrons. The lowest BCUT2D eigenvalue weighted by atomic mass is 10.3. The van der Waals surface area contributed by atoms with Crippen molar-refractivity contribution in [3.05, 3.63) is 0 Å². The maximum Gasteiger partial charge on any atom is 0.0674 e. The van der Waals surface area contributed by atoms with Crippen LogP contribution in [0, 0.1) is 0 Å². The SMILES string of the molecule is COCCCN1CCO[C@H](C)C1. The Hall–Kier alpha value is -0.120. The fourth-order valence-corrected chi connectivity index (χ4v) is 1.53. The van der Waals surface area contributed by atoms with Crippen molar-refractivity contribution >= 4 is 0 Å². The van der Waals surface area contributed by atoms with Gasteiger partial charge in [0.1, 0.15) is 0 Å². The van der Waals surface area contributed by atoms with E-state index in [1.807, 2.05) is 0 Å². The van der Waals surface area contributed by atoms with Crippen molar-refractivity contribution in [3.63, 3.8) is 0 Å². The molecule has 1 aliphatic heterocycles. The quantitative estimate of drug-likeness (QED) is 0.585. The summed E-state index contributed by atoms with van der Waals surface area (Å²) >= 11 is 0. The van der Waals surface area contributed by atoms with Crippen molar-refractivity contribution in [2.75, 3.05) is 40.0 Å². The third-order valence-corrected chi connectivity index (χ3v) is 2.15. The highest BCUT2D eigenvalue weighted by molar-refractivity contribution is 4.67. The zero-order valence-corrected chi connectivity index (χ0v) is 8.08. The smallest absolute Gasteiger partial charge is 0.0674 e. The van der Waals surface area contributed by atoms with Gasteiger partial charge in [0.05, 0.1) is 12.7 Å². The standard InChI is InChI=1S/C9H19NO2/c1-9-8-10(5-7-12-9)4-3-6-11-2/h9H,3-8H2,1-2H3/t9-/m1/s1. The van der Waals surface area contributed by atoms with Crippen LogP contribution in [0.2, 0.25) is 0 Å². The van der Waals surface area contributed by atoms with Crippen LogP contribution in [0.5, 0.6) is 0 Å². The minimum absolute atomic E-state index is 0.404. The number of ether oxygens (including phenoxy) is 2. The minimum atomic E-state index is 0.404. The van der Waals surface area contributed by atoms with Crippen LogP contribution in [-0.4, -0.2) is 51.0 Å². The van der Waals surface area contributed by atoms with Crippen LogP contribution in [0.25, 0.3) is 0 Å². The first-order chi connectivity index (χ1) is 5.83. The largest absolute Gasteiger partial charge is 0.385 e. The Morgan fingerprint density at radius 3 is 3.08 bits per heavy atom. The van der Waals surface area contributed by atoms with E-state index < -0.39 is 0 Å². The topological polar surface area (TPSA) is 21.7 Å². The number of methoxy groups -OCH3 is 1. The number of rotatable bonds is 4. The second kappa shape index (κ2) is 5.51. The molecule has 0 aliphatic carbocycles. The summed E-state index contributed by atoms with van der Waals surface area (Å²) in [7, 11) is 1.75. The van der Waals surface area contributed by atoms with Crippen molar-refractivity contribution in [2.24, 2.45) is 0 Å². The molecule has 1 rings (SSSR count). The lowest BCUT2D eigenvalue weighted by molar-refractivity contribution is -0.0201. The molecule has 0 N–H and O–H groups in total. The summed E-state index contributed by atoms with van der Waals surface area (Å²) in [5.41, 5.74) is 0. The summed E-state index contributed by atoms with van der Waals surface area (Å²) in [4.78, 5) is 2.44. The van der Waals surface area contributed by atoms with Gasteiger partial charge in [0.2, 0.25) is 0 Å². The second-order valence-corrected chi connectivity index (χ2v) is 3.33. The number of hydrogen-bond donors (Lipinski definition) is 0. The first-order valence-electron chi connectivity index (χ1n) is 4.66. The molecule has 1 heterocycles. The zero-order chi connectivity index (χ0) is 8.81. The van der Waals surface area contributed by atoms with Crippen molar-refractivity contribution in [1.29, 1.82) is 0 Å². The molecule has 0 aromatic carbocycles. The van der Waals surface area contributed by atoms with E-state index >= 15 is 0 Å². The molecular formula is C9H19NO2. The van der Waals surface area contributed by atoms with Gasteiger partial charge in [-0.15, -0.1) is 0 Å². The average molecular weight is 173 g/mol. The van der Waals surface area contributed by atoms with Crippen LogP contribution in [0.1, 0.15) is 13.3 Å². The maximum atomic E-state index is 5.44. The van der Waals surface area contributed by atoms with Gasteiger partial charge < -0.3 is 9.47 Å². The van der Waals surface area contributed by atoms with Crippen molar-refractivity contribution < 1.29 is 9.47 Å². The zero-order valence-electron chi connectivity index (χ0n) is 8.08. The van der Waals surface area contributed by atoms with Crippen LogP contribution in [0.4, 0.5) is 0 Å². The predicted octanol–water partition coefficient (Wildman–Crippen LogP) is 0.744. The van der Waals surface area contributed by atoms with Crippen LogP contribution in [0.3, 0.4) is 0 Å². The molecule has 1 fully saturated rings. The van der Waals surface area contributed by atoms with Gasteiger partial charge in [0, 0.05) is 33.4 Å². The van der Waals surface area contributed by atoms with E-state index in [4.69, 9.17) is 9.47 Å². The van der Waals surface area contributed by atoms with Gasteiger partial charge in [0.15, 0.2) is 0 Å². The van der Waals surface area contributed by atoms with E-state index in [-0.39, 0.29) is 0 Å². The first kappa shape index (κ1) is 9.96. The van der Waals surface area contributed by atoms with E-state index in [0.29, 0.717) is 6.10 Å². The highest BCUT2D eigenvalue weighted by Gasteiger charge is 2.15. The normalized spacial score (nSPS) is 26.0. The Bertz CT molecular complexity index is 119. The first-order valence-corrected chi connectivity index (χ1v) is 4.66. The Balaban J connectivity index is 2.06. The Morgan fingerprint density at radius 2 is 2.42 bits per heavy atom. The van der Waals surface area contributed by atoms with Crippen LogP contribution >= 0.6 is 0 Å². The molecule has 0 bridgehead atoms. The van der Waals surface area contributed by atoms with Crippen LogP contribution in [-0.2, 0) is 9.47 Å². The maximum absolute atomic E-state index is 5.44. The molecule has 0 amide bonds. The van der Waals surface area contributed by atoms with Gasteiger partial charge in [-0.05, 0) is 13.3 Å². The molecule has 0 aromatic heterocycles. The van der Waals surface area contributed by atoms with Crippen LogP contribution < -0.4 is 0 Å². The highest BCUT2D eigenvalue weighted by atomic mass is 16.5. The van der Waals surface area contributed by atoms with E-state index in [2.05, 4.69) is 11.8 Å². The van der Waals surface area contributed by atoms with E-state index in [1.165, 1.54) is 0 Å². The predicted molar refractivity (Wildman–Crippen MR) is 48.3 cm³/mol. The second-order valence-electron chi connectivity index (χ2n) is 3.33. The molecular weight excluding hydrogens is 154 g/mol. The van der Waals surface area contributed by atoms with Gasteiger partial charge in [-0.2, -0.15) is 0 Å². The Morgan fingerprint density at radius 1 is 1.58 bits per heavy atom. The molecule has 1 aliphatic rings. The molecule has 3 heteroatoms. The van der Waals surface area contributed by atoms with Crippen molar-refractivity contribution in [3.8, 4) is 0 Å². The molecule has 1 saturated heterocycles. The molecule has 0 spiro atoms. The molecule has 0 saturated carbocycles. The molecule has 1 atom stereocenters. The number of hydrogen-bond acceptors (Lipinski definition) is 3. The summed E-state index contributed by atoms with van der Waals surface area (Å²) in [5, 5.41) is 0. The highest BCUT2D eigenvalue weighted by Crippen LogP contribution is 2.04. The lowest BCUT2D eigenvalue weighted by Gasteiger charge is -2.30. The summed E-state index contributed by atoms with van der Waals surface area (Å²) in [6.45, 7) is 7.17. The Labute approximate surface area is 74.6 Å². The minimum Gasteiger partial charge on any atom is -0.385 e. The van der Waals surface area contributed by atoms with Crippen molar-refractivity contribution in [1.82, 2.24) is 4.90 Å². The third-order valence-electron chi connectivity index (χ3n) is 2.15. The van der Waals surface area contributed by atoms with E-state index in [0.717, 1.165) is 39.3 Å². The molecule has 0 radical (unpaired) electrons. The van der Waals surface area contributed by atoms with Gasteiger partial charge in [-0.3, -0.25) is 4.90 Å². The van der Waals surface area contributed by atoms with Crippen molar-refractivity contribution in [2.45, 2.75) is 19.4 Å². The molecule has 3 nitrogen and oxygen atoms in total. The average Bonchev–Trinajstić information content (AvgIpc) is 2.05. The van der Waals surface area contributed by atoms with Gasteiger partial charge in [0.25, 0.3) is 0 Å². The summed E-state index contributed by atoms with van der Waals surface area (Å²) in [5.74, 6) is 0. The van der Waals surface area contributed by atoms with Gasteiger partial charge in [-0.25, -0.2) is 0 Å². The number of nitrogens with zero attached hydrogens (tertiary/aromatic N) is 1. The Kier molecular flexibility index (Phi) is 4.58. The van der Waals surface area contributed by atoms with Gasteiger partial charge in [-0.1, -0.05) is 0 Å². The third kappa shape index (κ3) is 3.52. The summed E-state index contributed by atoms with van der Waals surface area (Å²) < 4.78 is 10.4.